The third kappa shape index (κ3) is 3.17. The van der Waals surface area contributed by atoms with Gasteiger partial charge >= 0.3 is 12.1 Å². The molecule has 134 valence electrons. The molecule has 5 nitrogen and oxygen atoms in total. The molecule has 0 aliphatic carbocycles. The van der Waals surface area contributed by atoms with Crippen LogP contribution >= 0.6 is 0 Å². The van der Waals surface area contributed by atoms with Crippen LogP contribution in [0.1, 0.15) is 37.4 Å². The lowest BCUT2D eigenvalue weighted by Gasteiger charge is -2.14. The van der Waals surface area contributed by atoms with Crippen LogP contribution < -0.4 is 0 Å². The number of nitrogens with zero attached hydrogens (tertiary/aromatic N) is 1. The molecular weight excluding hydrogens is 351 g/mol. The fourth-order valence-corrected chi connectivity index (χ4v) is 2.61. The molecule has 2 aromatic carbocycles. The number of hydrogen-bond acceptors (Lipinski definition) is 4. The van der Waals surface area contributed by atoms with Crippen molar-refractivity contribution in [2.75, 3.05) is 0 Å². The molecular formula is C18H12F3NO4. The Kier molecular flexibility index (Phi) is 4.27. The third-order valence-corrected chi connectivity index (χ3v) is 3.95. The van der Waals surface area contributed by atoms with Crippen LogP contribution in [0, 0.1) is 6.92 Å². The number of carbonyl (C=O) groups excluding carboxylic acids is 3. The molecule has 0 fully saturated rings. The van der Waals surface area contributed by atoms with Crippen molar-refractivity contribution in [3.63, 3.8) is 0 Å². The summed E-state index contributed by atoms with van der Waals surface area (Å²) in [6, 6.07) is 8.96. The highest BCUT2D eigenvalue weighted by atomic mass is 19.4. The summed E-state index contributed by atoms with van der Waals surface area (Å²) in [5.41, 5.74) is -0.0294. The first-order valence-corrected chi connectivity index (χ1v) is 7.54. The van der Waals surface area contributed by atoms with Crippen LogP contribution in [0.25, 0.3) is 0 Å². The van der Waals surface area contributed by atoms with Gasteiger partial charge in [0.2, 0.25) is 0 Å². The lowest BCUT2D eigenvalue weighted by molar-refractivity contribution is -0.167. The number of fused-ring (bicyclic) bond motifs is 1. The fraction of sp³-hybridized carbons (Fsp3) is 0.167. The van der Waals surface area contributed by atoms with Gasteiger partial charge in [-0.3, -0.25) is 9.59 Å². The largest absolute Gasteiger partial charge is 0.416 e. The van der Waals surface area contributed by atoms with Crippen molar-refractivity contribution in [1.29, 1.82) is 0 Å². The number of rotatable bonds is 3. The molecule has 0 bridgehead atoms. The van der Waals surface area contributed by atoms with Gasteiger partial charge < -0.3 is 4.84 Å². The summed E-state index contributed by atoms with van der Waals surface area (Å²) in [6.45, 7) is 1.43. The topological polar surface area (TPSA) is 63.7 Å². The molecule has 0 saturated carbocycles. The zero-order valence-electron chi connectivity index (χ0n) is 13.5. The second-order valence-electron chi connectivity index (χ2n) is 5.73. The van der Waals surface area contributed by atoms with E-state index in [0.29, 0.717) is 10.6 Å². The molecule has 26 heavy (non-hydrogen) atoms. The quantitative estimate of drug-likeness (QED) is 0.785. The van der Waals surface area contributed by atoms with E-state index in [9.17, 15) is 27.6 Å². The second-order valence-corrected chi connectivity index (χ2v) is 5.73. The van der Waals surface area contributed by atoms with Crippen LogP contribution in [0.2, 0.25) is 0 Å². The van der Waals surface area contributed by atoms with E-state index >= 15 is 0 Å². The standard InChI is InChI=1S/C18H12F3NO4/c1-10-8-12(18(19,20)21)7-6-11(10)9-15(23)26-22-16(24)13-4-2-3-5-14(13)17(22)25/h2-8H,9H2,1H3. The van der Waals surface area contributed by atoms with E-state index in [1.54, 1.807) is 12.1 Å². The molecule has 8 heteroatoms. The Labute approximate surface area is 145 Å². The van der Waals surface area contributed by atoms with Crippen molar-refractivity contribution < 1.29 is 32.4 Å². The SMILES string of the molecule is Cc1cc(C(F)(F)F)ccc1CC(=O)ON1C(=O)c2ccccc2C1=O. The Bertz CT molecular complexity index is 886. The van der Waals surface area contributed by atoms with Gasteiger partial charge in [-0.25, -0.2) is 4.79 Å². The number of carbonyl (C=O) groups is 3. The Balaban J connectivity index is 1.73. The van der Waals surface area contributed by atoms with Crippen LogP contribution in [0.5, 0.6) is 0 Å². The molecule has 0 spiro atoms. The maximum absolute atomic E-state index is 12.7. The third-order valence-electron chi connectivity index (χ3n) is 3.95. The van der Waals surface area contributed by atoms with Gasteiger partial charge in [0.15, 0.2) is 0 Å². The average molecular weight is 363 g/mol. The van der Waals surface area contributed by atoms with Gasteiger partial charge in [0.05, 0.1) is 23.1 Å². The average Bonchev–Trinajstić information content (AvgIpc) is 2.81. The Morgan fingerprint density at radius 2 is 1.62 bits per heavy atom. The lowest BCUT2D eigenvalue weighted by Crippen LogP contribution is -2.33. The maximum atomic E-state index is 12.7. The normalized spacial score (nSPS) is 13.8. The van der Waals surface area contributed by atoms with Crippen molar-refractivity contribution in [2.45, 2.75) is 19.5 Å². The van der Waals surface area contributed by atoms with E-state index in [1.165, 1.54) is 25.1 Å². The van der Waals surface area contributed by atoms with Crippen LogP contribution in [-0.4, -0.2) is 22.8 Å². The van der Waals surface area contributed by atoms with Gasteiger partial charge in [-0.1, -0.05) is 23.3 Å². The van der Waals surface area contributed by atoms with Gasteiger partial charge in [-0.2, -0.15) is 13.2 Å². The van der Waals surface area contributed by atoms with Gasteiger partial charge in [-0.05, 0) is 42.3 Å². The number of amides is 2. The summed E-state index contributed by atoms with van der Waals surface area (Å²) < 4.78 is 38.0. The molecule has 0 atom stereocenters. The van der Waals surface area contributed by atoms with Crippen molar-refractivity contribution in [1.82, 2.24) is 5.06 Å². The number of hydroxylamine groups is 2. The minimum Gasteiger partial charge on any atom is -0.329 e. The van der Waals surface area contributed by atoms with E-state index in [-0.39, 0.29) is 23.1 Å². The number of aryl methyl sites for hydroxylation is 1. The Hall–Kier alpha value is -3.16. The first-order valence-electron chi connectivity index (χ1n) is 7.54. The predicted octanol–water partition coefficient (Wildman–Crippen LogP) is 3.31. The smallest absolute Gasteiger partial charge is 0.329 e. The monoisotopic (exact) mass is 363 g/mol. The highest BCUT2D eigenvalue weighted by Crippen LogP contribution is 2.30. The highest BCUT2D eigenvalue weighted by molar-refractivity contribution is 6.20. The van der Waals surface area contributed by atoms with Gasteiger partial charge in [0.25, 0.3) is 11.8 Å². The molecule has 0 saturated heterocycles. The van der Waals surface area contributed by atoms with Gasteiger partial charge in [0, 0.05) is 0 Å². The minimum absolute atomic E-state index is 0.121. The van der Waals surface area contributed by atoms with Gasteiger partial charge in [0.1, 0.15) is 0 Å². The molecule has 0 unspecified atom stereocenters. The minimum atomic E-state index is -4.48. The molecule has 3 rings (SSSR count). The van der Waals surface area contributed by atoms with Crippen molar-refractivity contribution in [3.8, 4) is 0 Å². The van der Waals surface area contributed by atoms with E-state index in [4.69, 9.17) is 4.84 Å². The summed E-state index contributed by atoms with van der Waals surface area (Å²) >= 11 is 0. The first-order chi connectivity index (χ1) is 12.2. The van der Waals surface area contributed by atoms with Crippen molar-refractivity contribution in [3.05, 3.63) is 70.3 Å². The van der Waals surface area contributed by atoms with Gasteiger partial charge in [-0.15, -0.1) is 0 Å². The number of imide groups is 1. The summed E-state index contributed by atoms with van der Waals surface area (Å²) in [7, 11) is 0. The van der Waals surface area contributed by atoms with Crippen molar-refractivity contribution in [2.24, 2.45) is 0 Å². The molecule has 1 heterocycles. The van der Waals surface area contributed by atoms with Crippen LogP contribution in [0.3, 0.4) is 0 Å². The molecule has 2 aromatic rings. The molecule has 0 radical (unpaired) electrons. The lowest BCUT2D eigenvalue weighted by atomic mass is 10.0. The summed E-state index contributed by atoms with van der Waals surface area (Å²) in [6.07, 6.45) is -4.86. The Morgan fingerprint density at radius 1 is 1.04 bits per heavy atom. The molecule has 2 amide bonds. The highest BCUT2D eigenvalue weighted by Gasteiger charge is 2.38. The van der Waals surface area contributed by atoms with E-state index < -0.39 is 29.5 Å². The number of benzene rings is 2. The zero-order chi connectivity index (χ0) is 19.1. The Morgan fingerprint density at radius 3 is 2.12 bits per heavy atom. The summed E-state index contributed by atoms with van der Waals surface area (Å²) in [5, 5.41) is 0.367. The molecule has 0 N–H and O–H groups in total. The summed E-state index contributed by atoms with van der Waals surface area (Å²) in [4.78, 5) is 41.1. The second kappa shape index (κ2) is 6.29. The maximum Gasteiger partial charge on any atom is 0.416 e. The van der Waals surface area contributed by atoms with Crippen molar-refractivity contribution >= 4 is 17.8 Å². The van der Waals surface area contributed by atoms with Crippen LogP contribution in [0.4, 0.5) is 13.2 Å². The predicted molar refractivity (Wildman–Crippen MR) is 82.9 cm³/mol. The number of alkyl halides is 3. The fourth-order valence-electron chi connectivity index (χ4n) is 2.61. The molecule has 1 aliphatic heterocycles. The molecule has 1 aliphatic rings. The van der Waals surface area contributed by atoms with Crippen LogP contribution in [0.15, 0.2) is 42.5 Å². The summed E-state index contributed by atoms with van der Waals surface area (Å²) in [5.74, 6) is -2.45. The van der Waals surface area contributed by atoms with E-state index in [0.717, 1.165) is 12.1 Å². The van der Waals surface area contributed by atoms with E-state index in [2.05, 4.69) is 0 Å². The molecule has 0 aromatic heterocycles. The first kappa shape index (κ1) is 17.7. The van der Waals surface area contributed by atoms with E-state index in [1.807, 2.05) is 0 Å². The number of hydrogen-bond donors (Lipinski definition) is 0. The van der Waals surface area contributed by atoms with Crippen LogP contribution in [-0.2, 0) is 22.2 Å². The zero-order valence-corrected chi connectivity index (χ0v) is 13.5. The number of halogens is 3.